The molecule has 7 heteroatoms. The van der Waals surface area contributed by atoms with Gasteiger partial charge in [-0.3, -0.25) is 4.79 Å². The quantitative estimate of drug-likeness (QED) is 0.587. The van der Waals surface area contributed by atoms with Crippen LogP contribution in [0.4, 0.5) is 14.5 Å². The van der Waals surface area contributed by atoms with Gasteiger partial charge in [0.05, 0.1) is 13.2 Å². The summed E-state index contributed by atoms with van der Waals surface area (Å²) < 4.78 is 40.1. The number of benzene rings is 2. The molecule has 0 atom stereocenters. The Morgan fingerprint density at radius 1 is 1.11 bits per heavy atom. The Labute approximate surface area is 162 Å². The number of halogens is 2. The normalized spacial score (nSPS) is 11.0. The molecule has 0 fully saturated rings. The molecular weight excluding hydrogens is 368 g/mol. The van der Waals surface area contributed by atoms with Crippen molar-refractivity contribution >= 4 is 17.7 Å². The molecule has 0 bridgehead atoms. The Morgan fingerprint density at radius 2 is 1.89 bits per heavy atom. The summed E-state index contributed by atoms with van der Waals surface area (Å²) in [4.78, 5) is 12.2. The van der Waals surface area contributed by atoms with Gasteiger partial charge in [-0.05, 0) is 43.7 Å². The van der Waals surface area contributed by atoms with Crippen molar-refractivity contribution in [2.75, 3.05) is 18.5 Å². The van der Waals surface area contributed by atoms with E-state index in [4.69, 9.17) is 9.47 Å². The van der Waals surface area contributed by atoms with Gasteiger partial charge in [0.2, 0.25) is 5.91 Å². The molecule has 28 heavy (non-hydrogen) atoms. The maximum atomic E-state index is 12.5. The Hall–Kier alpha value is -2.93. The SMILES string of the molecule is CCOCc1ccccc1NC(=O)/C=C/c1ccc(OC(F)F)c(OCC)c1. The van der Waals surface area contributed by atoms with E-state index < -0.39 is 6.61 Å². The molecule has 1 amide bonds. The van der Waals surface area contributed by atoms with E-state index in [1.165, 1.54) is 18.2 Å². The third kappa shape index (κ3) is 6.66. The van der Waals surface area contributed by atoms with Crippen LogP contribution in [-0.4, -0.2) is 25.7 Å². The fourth-order valence-corrected chi connectivity index (χ4v) is 2.42. The smallest absolute Gasteiger partial charge is 0.387 e. The number of para-hydroxylation sites is 1. The molecular formula is C21H23F2NO4. The Balaban J connectivity index is 2.09. The van der Waals surface area contributed by atoms with E-state index in [-0.39, 0.29) is 17.4 Å². The van der Waals surface area contributed by atoms with E-state index >= 15 is 0 Å². The van der Waals surface area contributed by atoms with Crippen molar-refractivity contribution in [1.82, 2.24) is 0 Å². The molecule has 0 heterocycles. The average molecular weight is 391 g/mol. The summed E-state index contributed by atoms with van der Waals surface area (Å²) in [6, 6.07) is 11.9. The minimum atomic E-state index is -2.94. The Bertz CT molecular complexity index is 809. The Kier molecular flexibility index (Phi) is 8.42. The molecule has 2 rings (SSSR count). The van der Waals surface area contributed by atoms with Crippen LogP contribution in [0.2, 0.25) is 0 Å². The van der Waals surface area contributed by atoms with E-state index in [0.717, 1.165) is 5.56 Å². The summed E-state index contributed by atoms with van der Waals surface area (Å²) in [7, 11) is 0. The first-order valence-corrected chi connectivity index (χ1v) is 8.89. The summed E-state index contributed by atoms with van der Waals surface area (Å²) in [5, 5.41) is 2.81. The summed E-state index contributed by atoms with van der Waals surface area (Å²) in [6.45, 7) is 1.97. The number of ether oxygens (including phenoxy) is 3. The van der Waals surface area contributed by atoms with Gasteiger partial charge in [-0.2, -0.15) is 8.78 Å². The van der Waals surface area contributed by atoms with E-state index in [9.17, 15) is 13.6 Å². The fourth-order valence-electron chi connectivity index (χ4n) is 2.42. The van der Waals surface area contributed by atoms with Gasteiger partial charge in [0.25, 0.3) is 0 Å². The van der Waals surface area contributed by atoms with Gasteiger partial charge in [-0.15, -0.1) is 0 Å². The van der Waals surface area contributed by atoms with Gasteiger partial charge in [0.15, 0.2) is 11.5 Å². The number of nitrogens with one attached hydrogen (secondary N) is 1. The lowest BCUT2D eigenvalue weighted by Crippen LogP contribution is -2.10. The van der Waals surface area contributed by atoms with E-state index in [1.807, 2.05) is 25.1 Å². The molecule has 2 aromatic rings. The number of carbonyl (C=O) groups excluding carboxylic acids is 1. The predicted octanol–water partition coefficient (Wildman–Crippen LogP) is 4.88. The summed E-state index contributed by atoms with van der Waals surface area (Å²) in [6.07, 6.45) is 2.92. The van der Waals surface area contributed by atoms with Crippen LogP contribution in [0, 0.1) is 0 Å². The lowest BCUT2D eigenvalue weighted by Gasteiger charge is -2.12. The third-order valence-electron chi connectivity index (χ3n) is 3.65. The topological polar surface area (TPSA) is 56.8 Å². The molecule has 2 aromatic carbocycles. The van der Waals surface area contributed by atoms with Gasteiger partial charge in [-0.1, -0.05) is 24.3 Å². The van der Waals surface area contributed by atoms with Gasteiger partial charge >= 0.3 is 6.61 Å². The highest BCUT2D eigenvalue weighted by atomic mass is 19.3. The number of anilines is 1. The molecule has 0 spiro atoms. The molecule has 1 N–H and O–H groups in total. The number of hydrogen-bond acceptors (Lipinski definition) is 4. The highest BCUT2D eigenvalue weighted by molar-refractivity contribution is 6.02. The highest BCUT2D eigenvalue weighted by Crippen LogP contribution is 2.30. The minimum absolute atomic E-state index is 0.0525. The standard InChI is InChI=1S/C21H23F2NO4/c1-3-26-14-16-7-5-6-8-17(16)24-20(25)12-10-15-9-11-18(28-21(22)23)19(13-15)27-4-2/h5-13,21H,3-4,14H2,1-2H3,(H,24,25)/b12-10+. The second kappa shape index (κ2) is 11.0. The lowest BCUT2D eigenvalue weighted by molar-refractivity contribution is -0.111. The van der Waals surface area contributed by atoms with Crippen molar-refractivity contribution in [3.63, 3.8) is 0 Å². The summed E-state index contributed by atoms with van der Waals surface area (Å²) >= 11 is 0. The zero-order valence-corrected chi connectivity index (χ0v) is 15.8. The third-order valence-corrected chi connectivity index (χ3v) is 3.65. The van der Waals surface area contributed by atoms with Crippen LogP contribution in [0.1, 0.15) is 25.0 Å². The molecule has 0 aliphatic carbocycles. The van der Waals surface area contributed by atoms with Crippen molar-refractivity contribution in [2.24, 2.45) is 0 Å². The number of amides is 1. The zero-order chi connectivity index (χ0) is 20.4. The molecule has 0 saturated carbocycles. The monoisotopic (exact) mass is 391 g/mol. The van der Waals surface area contributed by atoms with Gasteiger partial charge < -0.3 is 19.5 Å². The summed E-state index contributed by atoms with van der Waals surface area (Å²) in [5.74, 6) is -0.189. The number of hydrogen-bond donors (Lipinski definition) is 1. The van der Waals surface area contributed by atoms with Crippen LogP contribution in [0.5, 0.6) is 11.5 Å². The second-order valence-corrected chi connectivity index (χ2v) is 5.63. The molecule has 0 aromatic heterocycles. The molecule has 0 unspecified atom stereocenters. The Morgan fingerprint density at radius 3 is 2.61 bits per heavy atom. The van der Waals surface area contributed by atoms with Crippen LogP contribution >= 0.6 is 0 Å². The second-order valence-electron chi connectivity index (χ2n) is 5.63. The first-order chi connectivity index (χ1) is 13.5. The summed E-state index contributed by atoms with van der Waals surface area (Å²) in [5.41, 5.74) is 2.15. The van der Waals surface area contributed by atoms with Crippen molar-refractivity contribution in [3.8, 4) is 11.5 Å². The van der Waals surface area contributed by atoms with Crippen LogP contribution in [-0.2, 0) is 16.1 Å². The van der Waals surface area contributed by atoms with Crippen molar-refractivity contribution < 1.29 is 27.8 Å². The van der Waals surface area contributed by atoms with E-state index in [2.05, 4.69) is 10.1 Å². The molecule has 5 nitrogen and oxygen atoms in total. The van der Waals surface area contributed by atoms with Gasteiger partial charge in [0, 0.05) is 23.9 Å². The largest absolute Gasteiger partial charge is 0.490 e. The van der Waals surface area contributed by atoms with E-state index in [0.29, 0.717) is 31.1 Å². The van der Waals surface area contributed by atoms with Crippen molar-refractivity contribution in [2.45, 2.75) is 27.1 Å². The molecule has 0 saturated heterocycles. The predicted molar refractivity (Wildman–Crippen MR) is 104 cm³/mol. The van der Waals surface area contributed by atoms with Crippen LogP contribution in [0.15, 0.2) is 48.5 Å². The maximum Gasteiger partial charge on any atom is 0.387 e. The number of alkyl halides is 2. The van der Waals surface area contributed by atoms with E-state index in [1.54, 1.807) is 25.1 Å². The highest BCUT2D eigenvalue weighted by Gasteiger charge is 2.11. The molecule has 150 valence electrons. The molecule has 0 aliphatic heterocycles. The van der Waals surface area contributed by atoms with Crippen LogP contribution in [0.3, 0.4) is 0 Å². The lowest BCUT2D eigenvalue weighted by atomic mass is 10.1. The number of carbonyl (C=O) groups is 1. The van der Waals surface area contributed by atoms with Crippen molar-refractivity contribution in [3.05, 3.63) is 59.7 Å². The zero-order valence-electron chi connectivity index (χ0n) is 15.8. The van der Waals surface area contributed by atoms with Crippen LogP contribution in [0.25, 0.3) is 6.08 Å². The minimum Gasteiger partial charge on any atom is -0.490 e. The maximum absolute atomic E-state index is 12.5. The number of rotatable bonds is 10. The van der Waals surface area contributed by atoms with Crippen LogP contribution < -0.4 is 14.8 Å². The first-order valence-electron chi connectivity index (χ1n) is 8.89. The molecule has 0 radical (unpaired) electrons. The first kappa shape index (κ1) is 21.4. The van der Waals surface area contributed by atoms with Gasteiger partial charge in [0.1, 0.15) is 0 Å². The average Bonchev–Trinajstić information content (AvgIpc) is 2.67. The van der Waals surface area contributed by atoms with Gasteiger partial charge in [-0.25, -0.2) is 0 Å². The van der Waals surface area contributed by atoms with Crippen molar-refractivity contribution in [1.29, 1.82) is 0 Å². The molecule has 0 aliphatic rings. The fraction of sp³-hybridized carbons (Fsp3) is 0.286.